The molecular weight excluding hydrogens is 757 g/mol. The normalized spacial score (nSPS) is 19.9. The molecule has 59 heavy (non-hydrogen) atoms. The quantitative estimate of drug-likeness (QED) is 0.0975. The standard InChI is InChI=1S/C45H42N4O10/c1-44(2,3)59-43(55)47-34-22-14-12-20-32(34)45(25-36(40(53)57-5)48(41(45)47)42(54)58-26-27-15-7-6-8-16-27)49-29(23-28-17-9-13-21-33(28)49)24-35(39(52)56-4)46-37(50)30-18-10-11-19-31(30)38(46)51/h6-23,35-36,41H,24-26H2,1-5H3/t35-,36-,41+,45-/m0/s1. The molecule has 0 aliphatic carbocycles. The Kier molecular flexibility index (Phi) is 9.73. The number of imide groups is 1. The molecule has 8 rings (SSSR count). The van der Waals surface area contributed by atoms with Crippen LogP contribution in [-0.2, 0) is 47.1 Å². The van der Waals surface area contributed by atoms with E-state index in [-0.39, 0.29) is 30.6 Å². The van der Waals surface area contributed by atoms with Crippen LogP contribution in [0.2, 0.25) is 0 Å². The van der Waals surface area contributed by atoms with Gasteiger partial charge in [0.05, 0.1) is 31.0 Å². The number of rotatable bonds is 8. The molecule has 0 spiro atoms. The number of aromatic nitrogens is 1. The number of anilines is 1. The van der Waals surface area contributed by atoms with Crippen LogP contribution >= 0.6 is 0 Å². The van der Waals surface area contributed by atoms with Gasteiger partial charge in [0, 0.05) is 29.6 Å². The summed E-state index contributed by atoms with van der Waals surface area (Å²) in [6.45, 7) is 5.03. The minimum atomic E-state index is -1.49. The molecule has 1 fully saturated rings. The van der Waals surface area contributed by atoms with Crippen molar-refractivity contribution >= 4 is 52.5 Å². The lowest BCUT2D eigenvalue weighted by molar-refractivity contribution is -0.146. The lowest BCUT2D eigenvalue weighted by atomic mass is 9.85. The molecule has 0 unspecified atom stereocenters. The number of ether oxygens (including phenoxy) is 4. The summed E-state index contributed by atoms with van der Waals surface area (Å²) in [7, 11) is 2.40. The molecule has 1 saturated heterocycles. The zero-order chi connectivity index (χ0) is 41.8. The van der Waals surface area contributed by atoms with Gasteiger partial charge in [-0.05, 0) is 62.1 Å². The predicted molar refractivity (Wildman–Crippen MR) is 213 cm³/mol. The first-order valence-electron chi connectivity index (χ1n) is 19.1. The van der Waals surface area contributed by atoms with Gasteiger partial charge in [-0.15, -0.1) is 0 Å². The Morgan fingerprint density at radius 3 is 2.07 bits per heavy atom. The van der Waals surface area contributed by atoms with Crippen LogP contribution in [-0.4, -0.2) is 88.4 Å². The van der Waals surface area contributed by atoms with Crippen LogP contribution in [0.4, 0.5) is 15.3 Å². The lowest BCUT2D eigenvalue weighted by Gasteiger charge is -2.39. The summed E-state index contributed by atoms with van der Waals surface area (Å²) in [6, 6.07) is 28.9. The first-order valence-corrected chi connectivity index (χ1v) is 19.1. The fraction of sp³-hybridized carbons (Fsp3) is 0.289. The Balaban J connectivity index is 1.36. The molecule has 0 N–H and O–H groups in total. The first kappa shape index (κ1) is 38.9. The predicted octanol–water partition coefficient (Wildman–Crippen LogP) is 6.43. The maximum atomic E-state index is 14.7. The van der Waals surface area contributed by atoms with Crippen molar-refractivity contribution in [2.24, 2.45) is 0 Å². The number of fused-ring (bicyclic) bond motifs is 5. The van der Waals surface area contributed by atoms with Gasteiger partial charge in [-0.3, -0.25) is 24.3 Å². The summed E-state index contributed by atoms with van der Waals surface area (Å²) in [6.07, 6.45) is -3.36. The van der Waals surface area contributed by atoms with Gasteiger partial charge >= 0.3 is 24.1 Å². The third-order valence-electron chi connectivity index (χ3n) is 11.1. The van der Waals surface area contributed by atoms with Crippen molar-refractivity contribution in [1.82, 2.24) is 14.4 Å². The summed E-state index contributed by atoms with van der Waals surface area (Å²) >= 11 is 0. The van der Waals surface area contributed by atoms with Crippen molar-refractivity contribution < 1.29 is 47.7 Å². The molecule has 4 amide bonds. The number of likely N-dealkylation sites (tertiary alicyclic amines) is 1. The van der Waals surface area contributed by atoms with Crippen molar-refractivity contribution in [3.8, 4) is 0 Å². The average Bonchev–Trinajstić information content (AvgIpc) is 3.93. The zero-order valence-electron chi connectivity index (χ0n) is 33.1. The van der Waals surface area contributed by atoms with E-state index in [0.717, 1.165) is 4.90 Å². The van der Waals surface area contributed by atoms with Crippen molar-refractivity contribution in [2.75, 3.05) is 19.1 Å². The Hall–Kier alpha value is -6.96. The molecule has 5 aromatic rings. The molecule has 0 saturated carbocycles. The maximum Gasteiger partial charge on any atom is 0.416 e. The molecule has 0 radical (unpaired) electrons. The molecular formula is C45H42N4O10. The number of methoxy groups -OCH3 is 2. The number of hydrogen-bond donors (Lipinski definition) is 0. The van der Waals surface area contributed by atoms with Gasteiger partial charge in [0.1, 0.15) is 36.0 Å². The third-order valence-corrected chi connectivity index (χ3v) is 11.1. The van der Waals surface area contributed by atoms with Gasteiger partial charge in [0.25, 0.3) is 11.8 Å². The van der Waals surface area contributed by atoms with Crippen LogP contribution < -0.4 is 4.90 Å². The highest BCUT2D eigenvalue weighted by molar-refractivity contribution is 6.22. The van der Waals surface area contributed by atoms with Crippen LogP contribution in [0.15, 0.2) is 109 Å². The number of benzene rings is 4. The maximum absolute atomic E-state index is 14.7. The third kappa shape index (κ3) is 6.35. The Bertz CT molecular complexity index is 2490. The number of para-hydroxylation sites is 2. The highest BCUT2D eigenvalue weighted by Gasteiger charge is 2.68. The summed E-state index contributed by atoms with van der Waals surface area (Å²) in [5.74, 6) is -2.90. The van der Waals surface area contributed by atoms with Crippen LogP contribution in [0.3, 0.4) is 0 Å². The Morgan fingerprint density at radius 2 is 1.41 bits per heavy atom. The van der Waals surface area contributed by atoms with Gasteiger partial charge < -0.3 is 23.5 Å². The number of amides is 4. The SMILES string of the molecule is COC(=O)[C@H](Cc1cc2ccccc2n1[C@]12C[C@@H](C(=O)OC)N(C(=O)OCc3ccccc3)[C@H]1N(C(=O)OC(C)(C)C)c1ccccc12)N1C(=O)c2ccccc2C1=O. The van der Waals surface area contributed by atoms with E-state index < -0.39 is 65.3 Å². The van der Waals surface area contributed by atoms with Crippen LogP contribution in [0.5, 0.6) is 0 Å². The largest absolute Gasteiger partial charge is 0.467 e. The minimum Gasteiger partial charge on any atom is -0.467 e. The van der Waals surface area contributed by atoms with Crippen LogP contribution in [0.1, 0.15) is 64.7 Å². The molecule has 4 atom stereocenters. The lowest BCUT2D eigenvalue weighted by Crippen LogP contribution is -2.58. The van der Waals surface area contributed by atoms with E-state index >= 15 is 0 Å². The molecule has 3 aliphatic heterocycles. The summed E-state index contributed by atoms with van der Waals surface area (Å²) < 4.78 is 24.5. The van der Waals surface area contributed by atoms with E-state index in [0.29, 0.717) is 33.4 Å². The fourth-order valence-corrected chi connectivity index (χ4v) is 8.80. The van der Waals surface area contributed by atoms with Gasteiger partial charge in [0.15, 0.2) is 0 Å². The number of esters is 2. The van der Waals surface area contributed by atoms with Gasteiger partial charge in [-0.2, -0.15) is 0 Å². The topological polar surface area (TPSA) is 154 Å². The number of carbonyl (C=O) groups excluding carboxylic acids is 6. The highest BCUT2D eigenvalue weighted by Crippen LogP contribution is 2.57. The molecule has 1 aromatic heterocycles. The second kappa shape index (κ2) is 14.8. The van der Waals surface area contributed by atoms with E-state index in [1.54, 1.807) is 75.4 Å². The highest BCUT2D eigenvalue weighted by atomic mass is 16.6. The fourth-order valence-electron chi connectivity index (χ4n) is 8.80. The average molecular weight is 799 g/mol. The van der Waals surface area contributed by atoms with E-state index in [2.05, 4.69) is 0 Å². The molecule has 14 heteroatoms. The van der Waals surface area contributed by atoms with Crippen molar-refractivity contribution in [3.63, 3.8) is 0 Å². The van der Waals surface area contributed by atoms with E-state index in [1.165, 1.54) is 36.2 Å². The van der Waals surface area contributed by atoms with Gasteiger partial charge in [-0.1, -0.05) is 78.9 Å². The first-order chi connectivity index (χ1) is 28.3. The number of hydrogen-bond acceptors (Lipinski definition) is 10. The zero-order valence-corrected chi connectivity index (χ0v) is 33.1. The van der Waals surface area contributed by atoms with Crippen molar-refractivity contribution in [2.45, 2.75) is 69.6 Å². The summed E-state index contributed by atoms with van der Waals surface area (Å²) in [4.78, 5) is 88.5. The Morgan fingerprint density at radius 1 is 0.780 bits per heavy atom. The number of nitrogens with zero attached hydrogens (tertiary/aromatic N) is 4. The molecule has 0 bridgehead atoms. The van der Waals surface area contributed by atoms with Crippen molar-refractivity contribution in [1.29, 1.82) is 0 Å². The van der Waals surface area contributed by atoms with Crippen LogP contribution in [0, 0.1) is 0 Å². The van der Waals surface area contributed by atoms with Crippen LogP contribution in [0.25, 0.3) is 10.9 Å². The van der Waals surface area contributed by atoms with E-state index in [4.69, 9.17) is 18.9 Å². The van der Waals surface area contributed by atoms with E-state index in [9.17, 15) is 28.8 Å². The van der Waals surface area contributed by atoms with E-state index in [1.807, 2.05) is 47.0 Å². The molecule has 4 heterocycles. The minimum absolute atomic E-state index is 0.122. The summed E-state index contributed by atoms with van der Waals surface area (Å²) in [5, 5.41) is 0.703. The summed E-state index contributed by atoms with van der Waals surface area (Å²) in [5.41, 5.74) is 0.566. The smallest absolute Gasteiger partial charge is 0.416 e. The molecule has 302 valence electrons. The van der Waals surface area contributed by atoms with Gasteiger partial charge in [0.2, 0.25) is 0 Å². The van der Waals surface area contributed by atoms with Gasteiger partial charge in [-0.25, -0.2) is 19.2 Å². The molecule has 4 aromatic carbocycles. The number of carbonyl (C=O) groups is 6. The second-order valence-corrected chi connectivity index (χ2v) is 15.7. The second-order valence-electron chi connectivity index (χ2n) is 15.7. The molecule has 14 nitrogen and oxygen atoms in total. The molecule has 3 aliphatic rings. The monoisotopic (exact) mass is 798 g/mol. The Labute approximate surface area is 339 Å². The van der Waals surface area contributed by atoms with Crippen molar-refractivity contribution in [3.05, 3.63) is 137 Å².